The van der Waals surface area contributed by atoms with Crippen LogP contribution in [0.25, 0.3) is 0 Å². The number of rotatable bonds is 13. The van der Waals surface area contributed by atoms with E-state index in [1.165, 1.54) is 76.3 Å². The van der Waals surface area contributed by atoms with Crippen molar-refractivity contribution in [2.24, 2.45) is 4.99 Å². The molecule has 0 heterocycles. The standard InChI is InChI=1S/C18H37N/c1-5-9-11-13-16-18(15-12-10-6-2)19-17(8-4)14-7-3/h18H,5-16H2,1-4H3. The van der Waals surface area contributed by atoms with E-state index in [1.807, 2.05) is 0 Å². The van der Waals surface area contributed by atoms with Crippen LogP contribution in [0, 0.1) is 0 Å². The highest BCUT2D eigenvalue weighted by Crippen LogP contribution is 2.16. The number of aliphatic imine (C=N–C) groups is 1. The van der Waals surface area contributed by atoms with E-state index >= 15 is 0 Å². The molecule has 0 saturated heterocycles. The van der Waals surface area contributed by atoms with Gasteiger partial charge in [0, 0.05) is 11.8 Å². The average Bonchev–Trinajstić information content (AvgIpc) is 2.42. The molecule has 0 amide bonds. The molecule has 0 aliphatic carbocycles. The van der Waals surface area contributed by atoms with Gasteiger partial charge in [0.05, 0.1) is 0 Å². The van der Waals surface area contributed by atoms with E-state index in [0.29, 0.717) is 6.04 Å². The zero-order valence-corrected chi connectivity index (χ0v) is 14.0. The van der Waals surface area contributed by atoms with Gasteiger partial charge in [0.1, 0.15) is 0 Å². The summed E-state index contributed by atoms with van der Waals surface area (Å²) in [6.07, 6.45) is 15.8. The van der Waals surface area contributed by atoms with Crippen LogP contribution in [-0.4, -0.2) is 11.8 Å². The van der Waals surface area contributed by atoms with Crippen molar-refractivity contribution in [1.29, 1.82) is 0 Å². The molecule has 0 aliphatic rings. The lowest BCUT2D eigenvalue weighted by atomic mass is 10.0. The monoisotopic (exact) mass is 267 g/mol. The van der Waals surface area contributed by atoms with Gasteiger partial charge in [0.2, 0.25) is 0 Å². The van der Waals surface area contributed by atoms with E-state index in [2.05, 4.69) is 27.7 Å². The Bertz CT molecular complexity index is 208. The minimum absolute atomic E-state index is 0.616. The summed E-state index contributed by atoms with van der Waals surface area (Å²) >= 11 is 0. The predicted octanol–water partition coefficient (Wildman–Crippen LogP) is 6.56. The Morgan fingerprint density at radius 1 is 0.737 bits per heavy atom. The molecule has 0 saturated carbocycles. The molecule has 1 heteroatoms. The van der Waals surface area contributed by atoms with Crippen molar-refractivity contribution in [3.63, 3.8) is 0 Å². The van der Waals surface area contributed by atoms with Crippen LogP contribution in [0.2, 0.25) is 0 Å². The molecular weight excluding hydrogens is 230 g/mol. The summed E-state index contributed by atoms with van der Waals surface area (Å²) in [5.41, 5.74) is 1.46. The van der Waals surface area contributed by atoms with E-state index in [0.717, 1.165) is 6.42 Å². The SMILES string of the molecule is CCCCCCC(CCCCC)N=C(CC)CCC. The van der Waals surface area contributed by atoms with Crippen LogP contribution in [0.15, 0.2) is 4.99 Å². The minimum Gasteiger partial charge on any atom is -0.291 e. The Balaban J connectivity index is 4.21. The largest absolute Gasteiger partial charge is 0.291 e. The maximum Gasteiger partial charge on any atom is 0.0499 e. The first kappa shape index (κ1) is 18.7. The molecular formula is C18H37N. The van der Waals surface area contributed by atoms with Crippen LogP contribution in [-0.2, 0) is 0 Å². The molecule has 0 aliphatic heterocycles. The molecule has 0 aromatic heterocycles. The van der Waals surface area contributed by atoms with Crippen molar-refractivity contribution in [2.45, 2.75) is 111 Å². The lowest BCUT2D eigenvalue weighted by molar-refractivity contribution is 0.498. The molecule has 1 unspecified atom stereocenters. The Morgan fingerprint density at radius 3 is 1.84 bits per heavy atom. The van der Waals surface area contributed by atoms with Crippen LogP contribution < -0.4 is 0 Å². The molecule has 0 bridgehead atoms. The first-order valence-corrected chi connectivity index (χ1v) is 8.83. The zero-order valence-electron chi connectivity index (χ0n) is 14.0. The van der Waals surface area contributed by atoms with Crippen molar-refractivity contribution in [3.8, 4) is 0 Å². The molecule has 0 aromatic carbocycles. The van der Waals surface area contributed by atoms with Crippen molar-refractivity contribution in [2.75, 3.05) is 0 Å². The quantitative estimate of drug-likeness (QED) is 0.265. The second kappa shape index (κ2) is 14.1. The summed E-state index contributed by atoms with van der Waals surface area (Å²) in [5, 5.41) is 0. The summed E-state index contributed by atoms with van der Waals surface area (Å²) < 4.78 is 0. The molecule has 0 aromatic rings. The summed E-state index contributed by atoms with van der Waals surface area (Å²) in [7, 11) is 0. The average molecular weight is 268 g/mol. The topological polar surface area (TPSA) is 12.4 Å². The number of hydrogen-bond donors (Lipinski definition) is 0. The van der Waals surface area contributed by atoms with Crippen molar-refractivity contribution >= 4 is 5.71 Å². The van der Waals surface area contributed by atoms with Crippen molar-refractivity contribution in [1.82, 2.24) is 0 Å². The summed E-state index contributed by atoms with van der Waals surface area (Å²) in [5.74, 6) is 0. The predicted molar refractivity (Wildman–Crippen MR) is 89.3 cm³/mol. The van der Waals surface area contributed by atoms with Crippen LogP contribution in [0.5, 0.6) is 0 Å². The van der Waals surface area contributed by atoms with Gasteiger partial charge < -0.3 is 0 Å². The molecule has 1 nitrogen and oxygen atoms in total. The second-order valence-electron chi connectivity index (χ2n) is 5.80. The van der Waals surface area contributed by atoms with Crippen LogP contribution in [0.4, 0.5) is 0 Å². The van der Waals surface area contributed by atoms with E-state index in [1.54, 1.807) is 0 Å². The molecule has 114 valence electrons. The van der Waals surface area contributed by atoms with E-state index < -0.39 is 0 Å². The van der Waals surface area contributed by atoms with E-state index in [4.69, 9.17) is 4.99 Å². The Hall–Kier alpha value is -0.330. The van der Waals surface area contributed by atoms with Gasteiger partial charge in [-0.1, -0.05) is 79.1 Å². The van der Waals surface area contributed by atoms with Crippen molar-refractivity contribution < 1.29 is 0 Å². The fraction of sp³-hybridized carbons (Fsp3) is 0.944. The number of hydrogen-bond acceptors (Lipinski definition) is 1. The van der Waals surface area contributed by atoms with E-state index in [9.17, 15) is 0 Å². The highest BCUT2D eigenvalue weighted by Gasteiger charge is 2.08. The summed E-state index contributed by atoms with van der Waals surface area (Å²) in [6.45, 7) is 9.09. The fourth-order valence-electron chi connectivity index (χ4n) is 2.59. The smallest absolute Gasteiger partial charge is 0.0499 e. The Kier molecular flexibility index (Phi) is 13.8. The third-order valence-corrected chi connectivity index (χ3v) is 3.84. The molecule has 0 radical (unpaired) electrons. The lowest BCUT2D eigenvalue weighted by Crippen LogP contribution is -2.09. The first-order chi connectivity index (χ1) is 9.28. The third kappa shape index (κ3) is 11.2. The molecule has 19 heavy (non-hydrogen) atoms. The molecule has 1 atom stereocenters. The Morgan fingerprint density at radius 2 is 1.32 bits per heavy atom. The highest BCUT2D eigenvalue weighted by atomic mass is 14.8. The summed E-state index contributed by atoms with van der Waals surface area (Å²) in [6, 6.07) is 0.616. The number of nitrogens with zero attached hydrogens (tertiary/aromatic N) is 1. The van der Waals surface area contributed by atoms with Crippen LogP contribution >= 0.6 is 0 Å². The van der Waals surface area contributed by atoms with Gasteiger partial charge in [-0.05, 0) is 25.7 Å². The van der Waals surface area contributed by atoms with Crippen molar-refractivity contribution in [3.05, 3.63) is 0 Å². The minimum atomic E-state index is 0.616. The van der Waals surface area contributed by atoms with Gasteiger partial charge in [-0.25, -0.2) is 0 Å². The maximum atomic E-state index is 5.07. The molecule has 0 rings (SSSR count). The molecule has 0 spiro atoms. The van der Waals surface area contributed by atoms with E-state index in [-0.39, 0.29) is 0 Å². The van der Waals surface area contributed by atoms with Crippen LogP contribution in [0.3, 0.4) is 0 Å². The second-order valence-corrected chi connectivity index (χ2v) is 5.80. The van der Waals surface area contributed by atoms with Gasteiger partial charge in [0.25, 0.3) is 0 Å². The third-order valence-electron chi connectivity index (χ3n) is 3.84. The zero-order chi connectivity index (χ0) is 14.3. The first-order valence-electron chi connectivity index (χ1n) is 8.83. The van der Waals surface area contributed by atoms with Gasteiger partial charge in [-0.2, -0.15) is 0 Å². The van der Waals surface area contributed by atoms with Gasteiger partial charge in [-0.15, -0.1) is 0 Å². The summed E-state index contributed by atoms with van der Waals surface area (Å²) in [4.78, 5) is 5.07. The molecule has 0 N–H and O–H groups in total. The van der Waals surface area contributed by atoms with Crippen LogP contribution in [0.1, 0.15) is 105 Å². The lowest BCUT2D eigenvalue weighted by Gasteiger charge is -2.15. The highest BCUT2D eigenvalue weighted by molar-refractivity contribution is 5.84. The Labute approximate surface area is 122 Å². The molecule has 0 fully saturated rings. The fourth-order valence-corrected chi connectivity index (χ4v) is 2.59. The van der Waals surface area contributed by atoms with Gasteiger partial charge in [-0.3, -0.25) is 4.99 Å². The van der Waals surface area contributed by atoms with Gasteiger partial charge in [0.15, 0.2) is 0 Å². The van der Waals surface area contributed by atoms with Gasteiger partial charge >= 0.3 is 0 Å². The normalized spacial score (nSPS) is 13.8. The number of unbranched alkanes of at least 4 members (excludes halogenated alkanes) is 5. The maximum absolute atomic E-state index is 5.07.